The quantitative estimate of drug-likeness (QED) is 0.247. The van der Waals surface area contributed by atoms with Gasteiger partial charge in [0.05, 0.1) is 18.8 Å². The van der Waals surface area contributed by atoms with Crippen molar-refractivity contribution in [3.8, 4) is 11.1 Å². The molecule has 2 fully saturated rings. The summed E-state index contributed by atoms with van der Waals surface area (Å²) in [6.45, 7) is 3.40. The maximum absolute atomic E-state index is 11.9. The van der Waals surface area contributed by atoms with E-state index in [-0.39, 0.29) is 25.4 Å². The van der Waals surface area contributed by atoms with E-state index >= 15 is 0 Å². The number of nitrogens with zero attached hydrogens (tertiary/aromatic N) is 1. The molecule has 0 bridgehead atoms. The molecule has 0 unspecified atom stereocenters. The van der Waals surface area contributed by atoms with Gasteiger partial charge in [-0.2, -0.15) is 0 Å². The van der Waals surface area contributed by atoms with Gasteiger partial charge in [-0.05, 0) is 59.8 Å². The minimum absolute atomic E-state index is 0.0218. The molecule has 2 heterocycles. The van der Waals surface area contributed by atoms with Crippen LogP contribution in [0.3, 0.4) is 0 Å². The fourth-order valence-corrected chi connectivity index (χ4v) is 5.99. The third kappa shape index (κ3) is 9.18. The lowest BCUT2D eigenvalue weighted by molar-refractivity contribution is -0.253. The highest BCUT2D eigenvalue weighted by molar-refractivity contribution is 6.76. The van der Waals surface area contributed by atoms with Crippen LogP contribution in [0.2, 0.25) is 0 Å². The number of carbonyl (C=O) groups excluding carboxylic acids is 1. The van der Waals surface area contributed by atoms with Crippen LogP contribution in [0.4, 0.5) is 0 Å². The summed E-state index contributed by atoms with van der Waals surface area (Å²) in [5, 5.41) is 12.2. The number of nitrogens with one attached hydrogen (secondary N) is 1. The summed E-state index contributed by atoms with van der Waals surface area (Å²) >= 11 is 17.0. The second-order valence-corrected chi connectivity index (χ2v) is 13.7. The van der Waals surface area contributed by atoms with Crippen molar-refractivity contribution >= 4 is 40.7 Å². The van der Waals surface area contributed by atoms with E-state index in [9.17, 15) is 9.90 Å². The standard InChI is InChI=1S/C34H39Cl3N2O4/c35-34(36,37)33(41)38-21-25-7-6-8-29(19-25)26-13-15-28(16-14-26)32-42-30(22-39-17-4-2-1-3-5-18-39)20-31(43-32)27-11-9-24(23-40)10-12-27/h6-16,19,30-32,40H,1-5,17-18,20-23H2,(H,38,41)/t30-,31+,32+/m0/s1. The summed E-state index contributed by atoms with van der Waals surface area (Å²) < 4.78 is 11.2. The molecule has 5 rings (SSSR count). The number of ether oxygens (including phenoxy) is 2. The molecule has 2 saturated heterocycles. The minimum atomic E-state index is -2.00. The molecule has 230 valence electrons. The Kier molecular flexibility index (Phi) is 11.4. The third-order valence-electron chi connectivity index (χ3n) is 8.18. The first-order chi connectivity index (χ1) is 20.8. The van der Waals surface area contributed by atoms with E-state index in [1.807, 2.05) is 36.4 Å². The van der Waals surface area contributed by atoms with Crippen molar-refractivity contribution in [1.82, 2.24) is 10.2 Å². The second kappa shape index (κ2) is 15.2. The zero-order valence-electron chi connectivity index (χ0n) is 24.2. The average molecular weight is 646 g/mol. The van der Waals surface area contributed by atoms with Gasteiger partial charge >= 0.3 is 0 Å². The molecule has 0 aromatic heterocycles. The van der Waals surface area contributed by atoms with E-state index in [1.54, 1.807) is 0 Å². The van der Waals surface area contributed by atoms with Gasteiger partial charge in [0.1, 0.15) is 0 Å². The first-order valence-electron chi connectivity index (χ1n) is 15.1. The number of alkyl halides is 3. The van der Waals surface area contributed by atoms with Crippen LogP contribution >= 0.6 is 34.8 Å². The topological polar surface area (TPSA) is 71.0 Å². The zero-order chi connectivity index (χ0) is 30.2. The molecule has 9 heteroatoms. The van der Waals surface area contributed by atoms with Crippen molar-refractivity contribution in [2.75, 3.05) is 19.6 Å². The molecular formula is C34H39Cl3N2O4. The Morgan fingerprint density at radius 3 is 2.19 bits per heavy atom. The van der Waals surface area contributed by atoms with Crippen molar-refractivity contribution in [2.45, 2.75) is 74.0 Å². The molecule has 3 atom stereocenters. The van der Waals surface area contributed by atoms with Crippen molar-refractivity contribution in [3.63, 3.8) is 0 Å². The van der Waals surface area contributed by atoms with Crippen LogP contribution in [0.5, 0.6) is 0 Å². The number of carbonyl (C=O) groups is 1. The SMILES string of the molecule is O=C(NCc1cccc(-c2ccc([C@@H]3O[C@H](CN4CCCCCCC4)C[C@H](c4ccc(CO)cc4)O3)cc2)c1)C(Cl)(Cl)Cl. The summed E-state index contributed by atoms with van der Waals surface area (Å²) in [5.74, 6) is -0.660. The molecule has 2 aliphatic heterocycles. The van der Waals surface area contributed by atoms with Crippen molar-refractivity contribution in [2.24, 2.45) is 0 Å². The van der Waals surface area contributed by atoms with E-state index in [2.05, 4.69) is 46.6 Å². The predicted molar refractivity (Wildman–Crippen MR) is 172 cm³/mol. The number of aliphatic hydroxyl groups excluding tert-OH is 1. The van der Waals surface area contributed by atoms with Crippen molar-refractivity contribution in [3.05, 3.63) is 95.1 Å². The van der Waals surface area contributed by atoms with Crippen molar-refractivity contribution in [1.29, 1.82) is 0 Å². The molecule has 6 nitrogen and oxygen atoms in total. The normalized spacial score (nSPS) is 22.0. The Hall–Kier alpha value is -2.16. The van der Waals surface area contributed by atoms with Crippen LogP contribution in [0, 0.1) is 0 Å². The Morgan fingerprint density at radius 2 is 1.51 bits per heavy atom. The molecule has 0 saturated carbocycles. The van der Waals surface area contributed by atoms with Gasteiger partial charge < -0.3 is 24.8 Å². The summed E-state index contributed by atoms with van der Waals surface area (Å²) in [6, 6.07) is 24.2. The third-order valence-corrected chi connectivity index (χ3v) is 8.69. The number of rotatable bonds is 8. The lowest BCUT2D eigenvalue weighted by atomic mass is 9.98. The van der Waals surface area contributed by atoms with Gasteiger partial charge in [-0.3, -0.25) is 4.79 Å². The molecule has 3 aromatic carbocycles. The van der Waals surface area contributed by atoms with Crippen molar-refractivity contribution < 1.29 is 19.4 Å². The minimum Gasteiger partial charge on any atom is -0.392 e. The summed E-state index contributed by atoms with van der Waals surface area (Å²) in [4.78, 5) is 14.5. The highest BCUT2D eigenvalue weighted by Crippen LogP contribution is 2.39. The highest BCUT2D eigenvalue weighted by atomic mass is 35.6. The number of benzene rings is 3. The fourth-order valence-electron chi connectivity index (χ4n) is 5.79. The van der Waals surface area contributed by atoms with Gasteiger partial charge in [0.2, 0.25) is 0 Å². The first kappa shape index (κ1) is 32.2. The predicted octanol–water partition coefficient (Wildman–Crippen LogP) is 7.64. The Morgan fingerprint density at radius 1 is 0.837 bits per heavy atom. The molecule has 2 N–H and O–H groups in total. The molecule has 0 spiro atoms. The molecule has 43 heavy (non-hydrogen) atoms. The van der Waals surface area contributed by atoms with Gasteiger partial charge in [0.25, 0.3) is 9.70 Å². The first-order valence-corrected chi connectivity index (χ1v) is 16.2. The van der Waals surface area contributed by atoms with Crippen LogP contribution in [-0.4, -0.2) is 45.4 Å². The van der Waals surface area contributed by atoms with Crippen LogP contribution < -0.4 is 5.32 Å². The largest absolute Gasteiger partial charge is 0.392 e. The summed E-state index contributed by atoms with van der Waals surface area (Å²) in [7, 11) is 0. The van der Waals surface area contributed by atoms with E-state index in [4.69, 9.17) is 44.3 Å². The lowest BCUT2D eigenvalue weighted by Gasteiger charge is -2.38. The van der Waals surface area contributed by atoms with E-state index < -0.39 is 16.0 Å². The monoisotopic (exact) mass is 644 g/mol. The van der Waals surface area contributed by atoms with E-state index in [0.717, 1.165) is 59.4 Å². The summed E-state index contributed by atoms with van der Waals surface area (Å²) in [5.41, 5.74) is 5.88. The zero-order valence-corrected chi connectivity index (χ0v) is 26.5. The number of halogens is 3. The van der Waals surface area contributed by atoms with Gasteiger partial charge in [0, 0.05) is 25.1 Å². The van der Waals surface area contributed by atoms with E-state index in [1.165, 1.54) is 32.1 Å². The van der Waals surface area contributed by atoms with Crippen LogP contribution in [-0.2, 0) is 27.4 Å². The lowest BCUT2D eigenvalue weighted by Crippen LogP contribution is -2.40. The Bertz CT molecular complexity index is 1320. The molecule has 3 aromatic rings. The smallest absolute Gasteiger partial charge is 0.272 e. The molecule has 0 radical (unpaired) electrons. The number of hydrogen-bond donors (Lipinski definition) is 2. The molecule has 2 aliphatic rings. The van der Waals surface area contributed by atoms with Crippen LogP contribution in [0.25, 0.3) is 11.1 Å². The number of hydrogen-bond acceptors (Lipinski definition) is 5. The second-order valence-electron chi connectivity index (χ2n) is 11.4. The van der Waals surface area contributed by atoms with Gasteiger partial charge in [-0.15, -0.1) is 0 Å². The average Bonchev–Trinajstić information content (AvgIpc) is 3.01. The number of likely N-dealkylation sites (tertiary alicyclic amines) is 1. The molecule has 1 amide bonds. The summed E-state index contributed by atoms with van der Waals surface area (Å²) in [6.07, 6.45) is 6.63. The maximum Gasteiger partial charge on any atom is 0.272 e. The number of amides is 1. The molecule has 0 aliphatic carbocycles. The van der Waals surface area contributed by atoms with Crippen LogP contribution in [0.15, 0.2) is 72.8 Å². The maximum atomic E-state index is 11.9. The van der Waals surface area contributed by atoms with Gasteiger partial charge in [-0.1, -0.05) is 121 Å². The fraction of sp³-hybridized carbons (Fsp3) is 0.441. The Labute approximate surface area is 269 Å². The van der Waals surface area contributed by atoms with Gasteiger partial charge in [-0.25, -0.2) is 0 Å². The van der Waals surface area contributed by atoms with Gasteiger partial charge in [0.15, 0.2) is 6.29 Å². The molecular weight excluding hydrogens is 607 g/mol. The van der Waals surface area contributed by atoms with Crippen LogP contribution in [0.1, 0.15) is 73.2 Å². The highest BCUT2D eigenvalue weighted by Gasteiger charge is 2.33. The van der Waals surface area contributed by atoms with E-state index in [0.29, 0.717) is 0 Å². The Balaban J connectivity index is 1.31. The number of aliphatic hydroxyl groups is 1.